The number of hydrogen-bond acceptors (Lipinski definition) is 6. The summed E-state index contributed by atoms with van der Waals surface area (Å²) >= 11 is 3.30. The van der Waals surface area contributed by atoms with E-state index in [-0.39, 0.29) is 18.4 Å². The molecule has 0 radical (unpaired) electrons. The topological polar surface area (TPSA) is 65.5 Å². The lowest BCUT2D eigenvalue weighted by atomic mass is 10.2. The van der Waals surface area contributed by atoms with Crippen molar-refractivity contribution in [2.24, 2.45) is 0 Å². The third-order valence-electron chi connectivity index (χ3n) is 4.65. The van der Waals surface area contributed by atoms with E-state index in [1.54, 1.807) is 51.8 Å². The summed E-state index contributed by atoms with van der Waals surface area (Å²) in [5, 5.41) is 9.92. The Bertz CT molecular complexity index is 932. The van der Waals surface area contributed by atoms with Gasteiger partial charge in [-0.2, -0.15) is 11.3 Å². The number of rotatable bonds is 5. The number of hydrogen-bond donors (Lipinski definition) is 1. The largest absolute Gasteiger partial charge is 0.345 e. The minimum absolute atomic E-state index is 0.0211. The summed E-state index contributed by atoms with van der Waals surface area (Å²) in [6.07, 6.45) is 0. The number of carbonyl (C=O) groups excluding carboxylic acids is 2. The summed E-state index contributed by atoms with van der Waals surface area (Å²) in [4.78, 5) is 33.2. The van der Waals surface area contributed by atoms with Gasteiger partial charge in [-0.05, 0) is 23.6 Å². The van der Waals surface area contributed by atoms with E-state index >= 15 is 0 Å². The molecule has 0 saturated carbocycles. The van der Waals surface area contributed by atoms with E-state index in [4.69, 9.17) is 4.98 Å². The van der Waals surface area contributed by atoms with Crippen molar-refractivity contribution >= 4 is 39.6 Å². The molecule has 0 aliphatic carbocycles. The molecule has 0 bridgehead atoms. The molecule has 1 aromatic carbocycles. The fraction of sp³-hybridized carbons (Fsp3) is 0.250. The van der Waals surface area contributed by atoms with Crippen molar-refractivity contribution in [3.8, 4) is 11.3 Å². The number of amides is 2. The van der Waals surface area contributed by atoms with Gasteiger partial charge in [0.05, 0.1) is 12.2 Å². The Kier molecular flexibility index (Phi) is 5.68. The van der Waals surface area contributed by atoms with Gasteiger partial charge in [-0.25, -0.2) is 4.98 Å². The number of piperazine rings is 1. The van der Waals surface area contributed by atoms with Crippen LogP contribution in [0, 0.1) is 0 Å². The first kappa shape index (κ1) is 18.6. The Hall–Kier alpha value is -2.71. The number of nitrogens with one attached hydrogen (secondary N) is 1. The molecule has 0 atom stereocenters. The highest BCUT2D eigenvalue weighted by molar-refractivity contribution is 7.14. The maximum atomic E-state index is 12.4. The molecule has 1 aliphatic rings. The third kappa shape index (κ3) is 4.23. The first-order chi connectivity index (χ1) is 13.7. The van der Waals surface area contributed by atoms with Crippen LogP contribution in [0.1, 0.15) is 10.4 Å². The van der Waals surface area contributed by atoms with Crippen LogP contribution >= 0.6 is 22.7 Å². The highest BCUT2D eigenvalue weighted by Crippen LogP contribution is 2.29. The van der Waals surface area contributed by atoms with Gasteiger partial charge in [0.25, 0.3) is 5.91 Å². The zero-order valence-corrected chi connectivity index (χ0v) is 16.8. The number of carbonyl (C=O) groups is 2. The van der Waals surface area contributed by atoms with Gasteiger partial charge >= 0.3 is 0 Å². The lowest BCUT2D eigenvalue weighted by Crippen LogP contribution is -2.51. The third-order valence-corrected chi connectivity index (χ3v) is 6.23. The van der Waals surface area contributed by atoms with Crippen molar-refractivity contribution < 1.29 is 9.59 Å². The molecular weight excluding hydrogens is 392 g/mol. The Labute approximate surface area is 171 Å². The fourth-order valence-electron chi connectivity index (χ4n) is 3.06. The maximum absolute atomic E-state index is 12.4. The number of nitrogens with zero attached hydrogens (tertiary/aromatic N) is 3. The molecule has 144 valence electrons. The van der Waals surface area contributed by atoms with E-state index in [0.29, 0.717) is 18.7 Å². The molecule has 2 amide bonds. The van der Waals surface area contributed by atoms with Crippen LogP contribution in [0.2, 0.25) is 0 Å². The zero-order valence-electron chi connectivity index (χ0n) is 15.2. The van der Waals surface area contributed by atoms with E-state index in [0.717, 1.165) is 29.5 Å². The zero-order chi connectivity index (χ0) is 19.3. The number of anilines is 1. The van der Waals surface area contributed by atoms with Crippen LogP contribution in [0.3, 0.4) is 0 Å². The normalized spacial score (nSPS) is 14.1. The predicted molar refractivity (Wildman–Crippen MR) is 113 cm³/mol. The van der Waals surface area contributed by atoms with E-state index < -0.39 is 0 Å². The average Bonchev–Trinajstić information content (AvgIpc) is 3.44. The molecule has 28 heavy (non-hydrogen) atoms. The Morgan fingerprint density at radius 2 is 1.82 bits per heavy atom. The van der Waals surface area contributed by atoms with Crippen molar-refractivity contribution in [2.75, 3.05) is 37.6 Å². The van der Waals surface area contributed by atoms with Gasteiger partial charge in [0, 0.05) is 48.1 Å². The van der Waals surface area contributed by atoms with E-state index in [1.807, 2.05) is 6.07 Å². The van der Waals surface area contributed by atoms with Crippen molar-refractivity contribution in [1.82, 2.24) is 15.2 Å². The summed E-state index contributed by atoms with van der Waals surface area (Å²) in [6.45, 7) is 2.78. The van der Waals surface area contributed by atoms with Gasteiger partial charge in [0.1, 0.15) is 0 Å². The lowest BCUT2D eigenvalue weighted by Gasteiger charge is -2.34. The molecule has 1 N–H and O–H groups in total. The molecule has 8 heteroatoms. The number of benzene rings is 1. The second kappa shape index (κ2) is 8.53. The van der Waals surface area contributed by atoms with Crippen LogP contribution in [-0.2, 0) is 4.79 Å². The second-order valence-corrected chi connectivity index (χ2v) is 8.06. The van der Waals surface area contributed by atoms with Gasteiger partial charge in [0.2, 0.25) is 5.91 Å². The summed E-state index contributed by atoms with van der Waals surface area (Å²) in [6, 6.07) is 11.0. The average molecular weight is 413 g/mol. The van der Waals surface area contributed by atoms with Gasteiger partial charge < -0.3 is 15.1 Å². The van der Waals surface area contributed by atoms with Crippen LogP contribution < -0.4 is 10.2 Å². The summed E-state index contributed by atoms with van der Waals surface area (Å²) < 4.78 is 0. The van der Waals surface area contributed by atoms with Crippen LogP contribution in [0.5, 0.6) is 0 Å². The lowest BCUT2D eigenvalue weighted by molar-refractivity contribution is -0.130. The van der Waals surface area contributed by atoms with Crippen LogP contribution in [0.25, 0.3) is 11.3 Å². The smallest absolute Gasteiger partial charge is 0.251 e. The van der Waals surface area contributed by atoms with E-state index in [1.165, 1.54) is 0 Å². The molecule has 6 nitrogen and oxygen atoms in total. The molecule has 1 fully saturated rings. The van der Waals surface area contributed by atoms with Crippen molar-refractivity contribution in [1.29, 1.82) is 0 Å². The SMILES string of the molecule is O=C(NCC(=O)N1CCN(c2nc(-c3ccsc3)cs2)CC1)c1ccccc1. The Morgan fingerprint density at radius 1 is 1.04 bits per heavy atom. The monoisotopic (exact) mass is 412 g/mol. The minimum atomic E-state index is -0.226. The molecule has 1 saturated heterocycles. The summed E-state index contributed by atoms with van der Waals surface area (Å²) in [5.41, 5.74) is 2.71. The molecular formula is C20H20N4O2S2. The molecule has 3 aromatic rings. The van der Waals surface area contributed by atoms with Crippen LogP contribution in [-0.4, -0.2) is 54.4 Å². The number of aromatic nitrogens is 1. The highest BCUT2D eigenvalue weighted by atomic mass is 32.1. The van der Waals surface area contributed by atoms with Crippen molar-refractivity contribution in [3.05, 3.63) is 58.1 Å². The summed E-state index contributed by atoms with van der Waals surface area (Å²) in [5.74, 6) is -0.279. The molecule has 3 heterocycles. The second-order valence-electron chi connectivity index (χ2n) is 6.44. The Balaban J connectivity index is 1.27. The van der Waals surface area contributed by atoms with Gasteiger partial charge in [-0.15, -0.1) is 11.3 Å². The van der Waals surface area contributed by atoms with Gasteiger partial charge in [0.15, 0.2) is 5.13 Å². The van der Waals surface area contributed by atoms with Gasteiger partial charge in [-0.1, -0.05) is 18.2 Å². The quantitative estimate of drug-likeness (QED) is 0.700. The minimum Gasteiger partial charge on any atom is -0.345 e. The van der Waals surface area contributed by atoms with Crippen LogP contribution in [0.15, 0.2) is 52.5 Å². The molecule has 0 spiro atoms. The van der Waals surface area contributed by atoms with Crippen molar-refractivity contribution in [2.45, 2.75) is 0 Å². The van der Waals surface area contributed by atoms with Crippen LogP contribution in [0.4, 0.5) is 5.13 Å². The van der Waals surface area contributed by atoms with E-state index in [9.17, 15) is 9.59 Å². The molecule has 0 unspecified atom stereocenters. The standard InChI is InChI=1S/C20H20N4O2S2/c25-18(12-21-19(26)15-4-2-1-3-5-15)23-7-9-24(10-8-23)20-22-17(14-28-20)16-6-11-27-13-16/h1-6,11,13-14H,7-10,12H2,(H,21,26). The first-order valence-electron chi connectivity index (χ1n) is 9.05. The first-order valence-corrected chi connectivity index (χ1v) is 10.9. The Morgan fingerprint density at radius 3 is 2.54 bits per heavy atom. The van der Waals surface area contributed by atoms with Crippen molar-refractivity contribution in [3.63, 3.8) is 0 Å². The molecule has 4 rings (SSSR count). The molecule has 2 aromatic heterocycles. The fourth-order valence-corrected chi connectivity index (χ4v) is 4.60. The number of thiophene rings is 1. The predicted octanol–water partition coefficient (Wildman–Crippen LogP) is 2.95. The summed E-state index contributed by atoms with van der Waals surface area (Å²) in [7, 11) is 0. The van der Waals surface area contributed by atoms with E-state index in [2.05, 4.69) is 32.4 Å². The molecule has 1 aliphatic heterocycles. The maximum Gasteiger partial charge on any atom is 0.251 e. The number of thiazole rings is 1. The van der Waals surface area contributed by atoms with Gasteiger partial charge in [-0.3, -0.25) is 9.59 Å². The highest BCUT2D eigenvalue weighted by Gasteiger charge is 2.23.